The molecular formula is C37H51ClFN5. The van der Waals surface area contributed by atoms with Gasteiger partial charge in [0, 0.05) is 61.7 Å². The van der Waals surface area contributed by atoms with Crippen LogP contribution in [0, 0.1) is 0 Å². The van der Waals surface area contributed by atoms with E-state index in [9.17, 15) is 4.39 Å². The van der Waals surface area contributed by atoms with E-state index in [4.69, 9.17) is 11.6 Å². The number of nitrogens with zero attached hydrogens (tertiary/aromatic N) is 3. The van der Waals surface area contributed by atoms with Crippen molar-refractivity contribution in [3.8, 4) is 0 Å². The predicted molar refractivity (Wildman–Crippen MR) is 186 cm³/mol. The highest BCUT2D eigenvalue weighted by Gasteiger charge is 2.27. The van der Waals surface area contributed by atoms with Gasteiger partial charge in [0.25, 0.3) is 0 Å². The van der Waals surface area contributed by atoms with E-state index in [0.717, 1.165) is 68.5 Å². The molecule has 0 spiro atoms. The van der Waals surface area contributed by atoms with Gasteiger partial charge in [-0.05, 0) is 81.8 Å². The van der Waals surface area contributed by atoms with E-state index in [-0.39, 0.29) is 17.9 Å². The SMILES string of the molecule is C=C(NC(Cc1ccc(Cl)cc1)C(=C)N1CCN(C(C)CN(C)C)CC1)C1Cc2ccccc2CN1.C=C/C=C(F)\C=C/C. The zero-order chi connectivity index (χ0) is 32.1. The highest BCUT2D eigenvalue weighted by molar-refractivity contribution is 6.30. The highest BCUT2D eigenvalue weighted by atomic mass is 35.5. The summed E-state index contributed by atoms with van der Waals surface area (Å²) in [5, 5.41) is 8.22. The number of halogens is 2. The number of fused-ring (bicyclic) bond motifs is 1. The van der Waals surface area contributed by atoms with Crippen LogP contribution in [0.5, 0.6) is 0 Å². The van der Waals surface area contributed by atoms with Crippen molar-refractivity contribution < 1.29 is 4.39 Å². The quantitative estimate of drug-likeness (QED) is 0.257. The number of piperazine rings is 1. The molecule has 1 saturated heterocycles. The first kappa shape index (κ1) is 35.3. The molecule has 1 fully saturated rings. The van der Waals surface area contributed by atoms with Gasteiger partial charge < -0.3 is 20.4 Å². The molecule has 3 unspecified atom stereocenters. The molecule has 4 rings (SSSR count). The van der Waals surface area contributed by atoms with Crippen LogP contribution in [0.2, 0.25) is 5.02 Å². The third-order valence-electron chi connectivity index (χ3n) is 8.19. The minimum absolute atomic E-state index is 0.0726. The normalized spacial score (nSPS) is 18.7. The summed E-state index contributed by atoms with van der Waals surface area (Å²) in [6, 6.07) is 17.7. The van der Waals surface area contributed by atoms with Crippen LogP contribution in [0.15, 0.2) is 110 Å². The van der Waals surface area contributed by atoms with Crippen LogP contribution in [-0.4, -0.2) is 79.6 Å². The second-order valence-corrected chi connectivity index (χ2v) is 12.3. The molecule has 0 aromatic heterocycles. The van der Waals surface area contributed by atoms with E-state index in [0.29, 0.717) is 6.04 Å². The Morgan fingerprint density at radius 1 is 1.09 bits per heavy atom. The van der Waals surface area contributed by atoms with Crippen molar-refractivity contribution in [3.05, 3.63) is 132 Å². The molecular weight excluding hydrogens is 569 g/mol. The lowest BCUT2D eigenvalue weighted by atomic mass is 9.93. The largest absolute Gasteiger partial charge is 0.379 e. The summed E-state index contributed by atoms with van der Waals surface area (Å²) in [5.74, 6) is -0.262. The number of rotatable bonds is 12. The molecule has 0 bridgehead atoms. The third-order valence-corrected chi connectivity index (χ3v) is 8.45. The molecule has 0 saturated carbocycles. The summed E-state index contributed by atoms with van der Waals surface area (Å²) in [6.45, 7) is 22.6. The van der Waals surface area contributed by atoms with Gasteiger partial charge in [-0.3, -0.25) is 4.90 Å². The molecule has 44 heavy (non-hydrogen) atoms. The zero-order valence-corrected chi connectivity index (χ0v) is 27.8. The zero-order valence-electron chi connectivity index (χ0n) is 27.0. The number of likely N-dealkylation sites (N-methyl/N-ethyl adjacent to an activating group) is 1. The standard InChI is InChI=1S/C30H42ClN5.C7H9F/c1-22(21-34(4)5)35-14-16-36(17-15-35)24(3)30(18-25-10-12-28(31)13-11-25)33-23(2)29-19-26-8-6-7-9-27(26)20-32-29;1-3-5-7(8)6-4-2/h6-13,22,29-30,32-33H,2-3,14-21H2,1,4-5H3;3-6H,1H2,2H3/b;6-4-,7-5+. The third kappa shape index (κ3) is 11.1. The van der Waals surface area contributed by atoms with Gasteiger partial charge in [0.2, 0.25) is 0 Å². The lowest BCUT2D eigenvalue weighted by molar-refractivity contribution is 0.104. The molecule has 7 heteroatoms. The average Bonchev–Trinajstić information content (AvgIpc) is 3.01. The van der Waals surface area contributed by atoms with Crippen LogP contribution in [0.3, 0.4) is 0 Å². The van der Waals surface area contributed by atoms with Crippen LogP contribution in [0.4, 0.5) is 4.39 Å². The van der Waals surface area contributed by atoms with Crippen molar-refractivity contribution in [3.63, 3.8) is 0 Å². The lowest BCUT2D eigenvalue weighted by Gasteiger charge is -2.42. The molecule has 2 aliphatic heterocycles. The summed E-state index contributed by atoms with van der Waals surface area (Å²) in [7, 11) is 4.29. The van der Waals surface area contributed by atoms with Crippen molar-refractivity contribution in [1.29, 1.82) is 0 Å². The van der Waals surface area contributed by atoms with Crippen LogP contribution in [0.1, 0.15) is 30.5 Å². The topological polar surface area (TPSA) is 33.8 Å². The Morgan fingerprint density at radius 2 is 1.75 bits per heavy atom. The van der Waals surface area contributed by atoms with Gasteiger partial charge in [0.1, 0.15) is 5.83 Å². The Labute approximate surface area is 270 Å². The van der Waals surface area contributed by atoms with Crippen molar-refractivity contribution in [2.45, 2.75) is 51.4 Å². The van der Waals surface area contributed by atoms with Crippen molar-refractivity contribution in [2.24, 2.45) is 0 Å². The summed E-state index contributed by atoms with van der Waals surface area (Å²) < 4.78 is 12.1. The second-order valence-electron chi connectivity index (χ2n) is 11.9. The van der Waals surface area contributed by atoms with Gasteiger partial charge in [-0.1, -0.05) is 79.9 Å². The molecule has 2 aliphatic rings. The molecule has 2 N–H and O–H groups in total. The fraction of sp³-hybridized carbons (Fsp3) is 0.405. The lowest BCUT2D eigenvalue weighted by Crippen LogP contribution is -2.53. The Morgan fingerprint density at radius 3 is 2.36 bits per heavy atom. The Balaban J connectivity index is 0.000000583. The number of benzene rings is 2. The van der Waals surface area contributed by atoms with Gasteiger partial charge in [0.05, 0.1) is 12.1 Å². The molecule has 0 aliphatic carbocycles. The Kier molecular flexibility index (Phi) is 14.4. The molecule has 2 aromatic carbocycles. The Hall–Kier alpha value is -3.16. The first-order valence-electron chi connectivity index (χ1n) is 15.5. The molecule has 238 valence electrons. The summed E-state index contributed by atoms with van der Waals surface area (Å²) in [6.07, 6.45) is 7.52. The van der Waals surface area contributed by atoms with Gasteiger partial charge in [-0.15, -0.1) is 0 Å². The smallest absolute Gasteiger partial charge is 0.122 e. The maximum Gasteiger partial charge on any atom is 0.122 e. The first-order chi connectivity index (χ1) is 21.1. The van der Waals surface area contributed by atoms with E-state index in [2.05, 4.69) is 102 Å². The minimum Gasteiger partial charge on any atom is -0.379 e. The predicted octanol–water partition coefficient (Wildman–Crippen LogP) is 6.75. The maximum atomic E-state index is 12.1. The fourth-order valence-electron chi connectivity index (χ4n) is 5.78. The van der Waals surface area contributed by atoms with E-state index >= 15 is 0 Å². The molecule has 2 aromatic rings. The summed E-state index contributed by atoms with van der Waals surface area (Å²) in [4.78, 5) is 7.32. The maximum absolute atomic E-state index is 12.1. The van der Waals surface area contributed by atoms with E-state index < -0.39 is 0 Å². The van der Waals surface area contributed by atoms with Gasteiger partial charge in [-0.25, -0.2) is 4.39 Å². The minimum atomic E-state index is -0.262. The fourth-order valence-corrected chi connectivity index (χ4v) is 5.90. The molecule has 3 atom stereocenters. The summed E-state index contributed by atoms with van der Waals surface area (Å²) in [5.41, 5.74) is 6.20. The average molecular weight is 620 g/mol. The second kappa shape index (κ2) is 18.0. The number of nitrogens with one attached hydrogen (secondary N) is 2. The van der Waals surface area contributed by atoms with Gasteiger partial charge in [-0.2, -0.15) is 0 Å². The summed E-state index contributed by atoms with van der Waals surface area (Å²) >= 11 is 6.16. The van der Waals surface area contributed by atoms with Crippen molar-refractivity contribution in [1.82, 2.24) is 25.3 Å². The van der Waals surface area contributed by atoms with Crippen molar-refractivity contribution in [2.75, 3.05) is 46.8 Å². The number of hydrogen-bond acceptors (Lipinski definition) is 5. The van der Waals surface area contributed by atoms with Crippen LogP contribution < -0.4 is 10.6 Å². The van der Waals surface area contributed by atoms with Crippen LogP contribution in [0.25, 0.3) is 0 Å². The molecule has 2 heterocycles. The van der Waals surface area contributed by atoms with E-state index in [1.807, 2.05) is 12.1 Å². The van der Waals surface area contributed by atoms with Crippen molar-refractivity contribution >= 4 is 11.6 Å². The highest BCUT2D eigenvalue weighted by Crippen LogP contribution is 2.22. The molecule has 5 nitrogen and oxygen atoms in total. The first-order valence-corrected chi connectivity index (χ1v) is 15.9. The van der Waals surface area contributed by atoms with E-state index in [1.54, 1.807) is 13.0 Å². The van der Waals surface area contributed by atoms with E-state index in [1.165, 1.54) is 34.9 Å². The monoisotopic (exact) mass is 619 g/mol. The van der Waals surface area contributed by atoms with Crippen LogP contribution >= 0.6 is 11.6 Å². The molecule has 0 amide bonds. The number of hydrogen-bond donors (Lipinski definition) is 2. The van der Waals surface area contributed by atoms with Gasteiger partial charge >= 0.3 is 0 Å². The Bertz CT molecular complexity index is 1280. The number of allylic oxidation sites excluding steroid dienone is 5. The molecule has 0 radical (unpaired) electrons. The van der Waals surface area contributed by atoms with Gasteiger partial charge in [0.15, 0.2) is 0 Å². The van der Waals surface area contributed by atoms with Crippen LogP contribution in [-0.2, 0) is 19.4 Å².